The monoisotopic (exact) mass is 188 g/mol. The van der Waals surface area contributed by atoms with Gasteiger partial charge in [-0.15, -0.1) is 0 Å². The molecule has 0 fully saturated rings. The van der Waals surface area contributed by atoms with E-state index in [0.717, 1.165) is 24.3 Å². The lowest BCUT2D eigenvalue weighted by Crippen LogP contribution is -2.20. The average Bonchev–Trinajstić information content (AvgIpc) is 2.64. The Bertz CT molecular complexity index is 381. The highest BCUT2D eigenvalue weighted by atomic mass is 16.5. The van der Waals surface area contributed by atoms with E-state index in [9.17, 15) is 0 Å². The van der Waals surface area contributed by atoms with E-state index in [1.54, 1.807) is 0 Å². The number of hydrogen-bond acceptors (Lipinski definition) is 3. The molecule has 0 bridgehead atoms. The summed E-state index contributed by atoms with van der Waals surface area (Å²) in [4.78, 5) is 0. The molecule has 0 saturated carbocycles. The molecule has 0 aromatic heterocycles. The Morgan fingerprint density at radius 1 is 1.57 bits per heavy atom. The fourth-order valence-electron chi connectivity index (χ4n) is 1.67. The zero-order valence-corrected chi connectivity index (χ0v) is 7.86. The molecule has 0 radical (unpaired) electrons. The summed E-state index contributed by atoms with van der Waals surface area (Å²) in [5, 5.41) is 8.59. The topological polar surface area (TPSA) is 59.0 Å². The van der Waals surface area contributed by atoms with Crippen LogP contribution in [0.5, 0.6) is 5.75 Å². The molecule has 1 unspecified atom stereocenters. The molecule has 2 N–H and O–H groups in total. The highest BCUT2D eigenvalue weighted by molar-refractivity contribution is 5.40. The third kappa shape index (κ3) is 1.70. The molecule has 0 spiro atoms. The molecule has 1 aliphatic heterocycles. The summed E-state index contributed by atoms with van der Waals surface area (Å²) in [5.41, 5.74) is 7.90. The van der Waals surface area contributed by atoms with Gasteiger partial charge in [-0.3, -0.25) is 0 Å². The Balaban J connectivity index is 2.17. The molecule has 72 valence electrons. The Morgan fingerprint density at radius 2 is 2.43 bits per heavy atom. The van der Waals surface area contributed by atoms with Crippen LogP contribution >= 0.6 is 0 Å². The van der Waals surface area contributed by atoms with Crippen LogP contribution in [0.25, 0.3) is 0 Å². The van der Waals surface area contributed by atoms with E-state index in [2.05, 4.69) is 6.07 Å². The van der Waals surface area contributed by atoms with E-state index in [1.807, 2.05) is 18.2 Å². The molecule has 14 heavy (non-hydrogen) atoms. The SMILES string of the molecule is N#CC(N)Cc1ccc2c(c1)CCO2. The molecule has 1 atom stereocenters. The molecule has 1 aromatic carbocycles. The summed E-state index contributed by atoms with van der Waals surface area (Å²) >= 11 is 0. The Morgan fingerprint density at radius 3 is 3.21 bits per heavy atom. The summed E-state index contributed by atoms with van der Waals surface area (Å²) in [6.07, 6.45) is 1.58. The van der Waals surface area contributed by atoms with E-state index < -0.39 is 6.04 Å². The van der Waals surface area contributed by atoms with Crippen LogP contribution in [-0.4, -0.2) is 12.6 Å². The van der Waals surface area contributed by atoms with Gasteiger partial charge in [-0.25, -0.2) is 0 Å². The van der Waals surface area contributed by atoms with Crippen LogP contribution in [0.3, 0.4) is 0 Å². The number of nitriles is 1. The third-order valence-corrected chi connectivity index (χ3v) is 2.38. The van der Waals surface area contributed by atoms with Crippen LogP contribution in [0.4, 0.5) is 0 Å². The maximum atomic E-state index is 8.59. The van der Waals surface area contributed by atoms with Gasteiger partial charge in [0.15, 0.2) is 0 Å². The fourth-order valence-corrected chi connectivity index (χ4v) is 1.67. The lowest BCUT2D eigenvalue weighted by molar-refractivity contribution is 0.357. The first-order chi connectivity index (χ1) is 6.79. The molecule has 0 amide bonds. The predicted octanol–water partition coefficient (Wildman–Crippen LogP) is 1.01. The minimum atomic E-state index is -0.407. The van der Waals surface area contributed by atoms with Crippen LogP contribution in [-0.2, 0) is 12.8 Å². The number of hydrogen-bond donors (Lipinski definition) is 1. The average molecular weight is 188 g/mol. The number of benzene rings is 1. The second-order valence-corrected chi connectivity index (χ2v) is 3.48. The first-order valence-electron chi connectivity index (χ1n) is 4.69. The number of fused-ring (bicyclic) bond motifs is 1. The fraction of sp³-hybridized carbons (Fsp3) is 0.364. The van der Waals surface area contributed by atoms with Crippen LogP contribution in [0, 0.1) is 11.3 Å². The lowest BCUT2D eigenvalue weighted by atomic mass is 10.0. The smallest absolute Gasteiger partial charge is 0.122 e. The van der Waals surface area contributed by atoms with E-state index >= 15 is 0 Å². The maximum Gasteiger partial charge on any atom is 0.122 e. The largest absolute Gasteiger partial charge is 0.493 e. The van der Waals surface area contributed by atoms with E-state index in [4.69, 9.17) is 15.7 Å². The quantitative estimate of drug-likeness (QED) is 0.753. The summed E-state index contributed by atoms with van der Waals surface area (Å²) in [6.45, 7) is 0.767. The van der Waals surface area contributed by atoms with Crippen molar-refractivity contribution >= 4 is 0 Å². The summed E-state index contributed by atoms with van der Waals surface area (Å²) in [5.74, 6) is 0.972. The Hall–Kier alpha value is -1.53. The molecular formula is C11H12N2O. The summed E-state index contributed by atoms with van der Waals surface area (Å²) in [7, 11) is 0. The summed E-state index contributed by atoms with van der Waals surface area (Å²) in [6, 6.07) is 7.64. The van der Waals surface area contributed by atoms with Crippen molar-refractivity contribution in [2.45, 2.75) is 18.9 Å². The number of ether oxygens (including phenoxy) is 1. The first kappa shape index (κ1) is 9.04. The Labute approximate surface area is 83.1 Å². The molecule has 0 aliphatic carbocycles. The molecule has 3 nitrogen and oxygen atoms in total. The van der Waals surface area contributed by atoms with Crippen molar-refractivity contribution in [3.05, 3.63) is 29.3 Å². The highest BCUT2D eigenvalue weighted by Gasteiger charge is 2.12. The van der Waals surface area contributed by atoms with Crippen molar-refractivity contribution in [1.29, 1.82) is 5.26 Å². The molecule has 1 aromatic rings. The van der Waals surface area contributed by atoms with Crippen LogP contribution in [0.1, 0.15) is 11.1 Å². The van der Waals surface area contributed by atoms with Gasteiger partial charge in [0.2, 0.25) is 0 Å². The minimum Gasteiger partial charge on any atom is -0.493 e. The highest BCUT2D eigenvalue weighted by Crippen LogP contribution is 2.26. The van der Waals surface area contributed by atoms with E-state index in [0.29, 0.717) is 6.42 Å². The first-order valence-corrected chi connectivity index (χ1v) is 4.69. The zero-order valence-electron chi connectivity index (χ0n) is 7.86. The maximum absolute atomic E-state index is 8.59. The van der Waals surface area contributed by atoms with Crippen LogP contribution < -0.4 is 10.5 Å². The molecular weight excluding hydrogens is 176 g/mol. The van der Waals surface area contributed by atoms with Crippen molar-refractivity contribution < 1.29 is 4.74 Å². The van der Waals surface area contributed by atoms with Gasteiger partial charge in [-0.1, -0.05) is 12.1 Å². The molecule has 2 rings (SSSR count). The second kappa shape index (κ2) is 3.69. The Kier molecular flexibility index (Phi) is 2.38. The zero-order chi connectivity index (χ0) is 9.97. The number of nitrogens with two attached hydrogens (primary N) is 1. The van der Waals surface area contributed by atoms with E-state index in [1.165, 1.54) is 5.56 Å². The molecule has 0 saturated heterocycles. The predicted molar refractivity (Wildman–Crippen MR) is 52.9 cm³/mol. The van der Waals surface area contributed by atoms with Gasteiger partial charge in [0.1, 0.15) is 5.75 Å². The van der Waals surface area contributed by atoms with Gasteiger partial charge in [0, 0.05) is 12.8 Å². The van der Waals surface area contributed by atoms with Gasteiger partial charge >= 0.3 is 0 Å². The standard InChI is InChI=1S/C11H12N2O/c12-7-10(13)6-8-1-2-11-9(5-8)3-4-14-11/h1-2,5,10H,3-4,6,13H2. The van der Waals surface area contributed by atoms with Crippen molar-refractivity contribution in [3.63, 3.8) is 0 Å². The van der Waals surface area contributed by atoms with E-state index in [-0.39, 0.29) is 0 Å². The minimum absolute atomic E-state index is 0.407. The van der Waals surface area contributed by atoms with Crippen LogP contribution in [0.2, 0.25) is 0 Å². The van der Waals surface area contributed by atoms with Crippen molar-refractivity contribution in [3.8, 4) is 11.8 Å². The van der Waals surface area contributed by atoms with Gasteiger partial charge in [-0.05, 0) is 17.2 Å². The van der Waals surface area contributed by atoms with Crippen molar-refractivity contribution in [2.75, 3.05) is 6.61 Å². The van der Waals surface area contributed by atoms with Crippen LogP contribution in [0.15, 0.2) is 18.2 Å². The normalized spacial score (nSPS) is 15.4. The lowest BCUT2D eigenvalue weighted by Gasteiger charge is -2.04. The second-order valence-electron chi connectivity index (χ2n) is 3.48. The van der Waals surface area contributed by atoms with Gasteiger partial charge in [0.05, 0.1) is 18.7 Å². The van der Waals surface area contributed by atoms with Gasteiger partial charge in [-0.2, -0.15) is 5.26 Å². The number of nitrogens with zero attached hydrogens (tertiary/aromatic N) is 1. The third-order valence-electron chi connectivity index (χ3n) is 2.38. The number of rotatable bonds is 2. The van der Waals surface area contributed by atoms with Crippen molar-refractivity contribution in [2.24, 2.45) is 5.73 Å². The van der Waals surface area contributed by atoms with Gasteiger partial charge in [0.25, 0.3) is 0 Å². The molecule has 1 heterocycles. The summed E-state index contributed by atoms with van der Waals surface area (Å²) < 4.78 is 5.39. The molecule has 1 aliphatic rings. The molecule has 3 heteroatoms. The van der Waals surface area contributed by atoms with Gasteiger partial charge < -0.3 is 10.5 Å². The van der Waals surface area contributed by atoms with Crippen molar-refractivity contribution in [1.82, 2.24) is 0 Å².